The molecule has 2 aromatic rings. The van der Waals surface area contributed by atoms with E-state index in [0.717, 1.165) is 65.2 Å². The van der Waals surface area contributed by atoms with Crippen LogP contribution in [0.25, 0.3) is 12.2 Å². The molecule has 1 aromatic heterocycles. The number of allylic oxidation sites excluding steroid dienone is 3. The van der Waals surface area contributed by atoms with E-state index in [-0.39, 0.29) is 5.92 Å². The molecule has 1 N–H and O–H groups in total. The Bertz CT molecular complexity index is 1190. The number of aromatic nitrogens is 2. The van der Waals surface area contributed by atoms with Crippen molar-refractivity contribution in [2.75, 3.05) is 32.2 Å². The van der Waals surface area contributed by atoms with E-state index >= 15 is 0 Å². The maximum absolute atomic E-state index is 5.54. The van der Waals surface area contributed by atoms with Crippen LogP contribution in [0.2, 0.25) is 0 Å². The van der Waals surface area contributed by atoms with Crippen LogP contribution in [0.15, 0.2) is 53.4 Å². The smallest absolute Gasteiger partial charge is 0.124 e. The molecule has 0 bridgehead atoms. The Hall–Kier alpha value is -3.45. The monoisotopic (exact) mass is 459 g/mol. The predicted octanol–water partition coefficient (Wildman–Crippen LogP) is 2.92. The molecule has 4 rings (SSSR count). The SMILES string of the molecule is COc1cc(OC)cc(N(CCNC(C)C)C2=CCC=c3ncc(C4C=CN=CC4)nc3=C2)c1. The van der Waals surface area contributed by atoms with Gasteiger partial charge < -0.3 is 19.7 Å². The number of aliphatic imine (C=N–C) groups is 1. The molecular formula is C27H33N5O2. The quantitative estimate of drug-likeness (QED) is 0.622. The van der Waals surface area contributed by atoms with Crippen LogP contribution in [0, 0.1) is 0 Å². The van der Waals surface area contributed by atoms with Crippen LogP contribution in [0.1, 0.15) is 38.3 Å². The molecule has 34 heavy (non-hydrogen) atoms. The van der Waals surface area contributed by atoms with Crippen LogP contribution in [0.4, 0.5) is 5.69 Å². The number of nitrogens with one attached hydrogen (secondary N) is 1. The zero-order valence-corrected chi connectivity index (χ0v) is 20.4. The summed E-state index contributed by atoms with van der Waals surface area (Å²) < 4.78 is 11.1. The fourth-order valence-corrected chi connectivity index (χ4v) is 4.05. The Morgan fingerprint density at radius 2 is 1.88 bits per heavy atom. The minimum atomic E-state index is 0.202. The fourth-order valence-electron chi connectivity index (χ4n) is 4.05. The maximum atomic E-state index is 5.54. The Morgan fingerprint density at radius 3 is 2.56 bits per heavy atom. The van der Waals surface area contributed by atoms with Crippen molar-refractivity contribution in [2.24, 2.45) is 4.99 Å². The molecule has 0 spiro atoms. The molecule has 1 aliphatic carbocycles. The first kappa shape index (κ1) is 23.7. The second kappa shape index (κ2) is 11.1. The molecule has 0 saturated carbocycles. The number of rotatable bonds is 9. The molecule has 7 nitrogen and oxygen atoms in total. The van der Waals surface area contributed by atoms with Gasteiger partial charge in [-0.1, -0.05) is 32.1 Å². The lowest BCUT2D eigenvalue weighted by Gasteiger charge is -2.27. The first-order chi connectivity index (χ1) is 16.6. The third kappa shape index (κ3) is 5.72. The van der Waals surface area contributed by atoms with Gasteiger partial charge in [0.1, 0.15) is 11.5 Å². The molecule has 7 heteroatoms. The standard InChI is InChI=1S/C27H33N5O2/c1-19(2)29-12-13-32(22-14-23(33-3)17-24(15-22)34-4)21-6-5-7-25-26(16-21)31-27(18-30-25)20-8-10-28-11-9-20/h6-8,10-11,14-20,29H,5,9,12-13H2,1-4H3. The van der Waals surface area contributed by atoms with Crippen molar-refractivity contribution < 1.29 is 9.47 Å². The minimum Gasteiger partial charge on any atom is -0.497 e. The zero-order chi connectivity index (χ0) is 23.9. The first-order valence-corrected chi connectivity index (χ1v) is 11.7. The largest absolute Gasteiger partial charge is 0.497 e. The summed E-state index contributed by atoms with van der Waals surface area (Å²) in [6.07, 6.45) is 15.8. The van der Waals surface area contributed by atoms with Crippen molar-refractivity contribution in [3.8, 4) is 11.5 Å². The van der Waals surface area contributed by atoms with E-state index in [1.54, 1.807) is 14.2 Å². The fraction of sp³-hybridized carbons (Fsp3) is 0.370. The Morgan fingerprint density at radius 1 is 1.09 bits per heavy atom. The van der Waals surface area contributed by atoms with Gasteiger partial charge in [0.2, 0.25) is 0 Å². The van der Waals surface area contributed by atoms with E-state index in [0.29, 0.717) is 6.04 Å². The van der Waals surface area contributed by atoms with Crippen molar-refractivity contribution in [3.05, 3.63) is 64.8 Å². The average Bonchev–Trinajstić information content (AvgIpc) is 3.08. The molecule has 0 saturated heterocycles. The van der Waals surface area contributed by atoms with Crippen molar-refractivity contribution in [3.63, 3.8) is 0 Å². The molecule has 0 amide bonds. The molecular weight excluding hydrogens is 426 g/mol. The second-order valence-corrected chi connectivity index (χ2v) is 8.63. The van der Waals surface area contributed by atoms with Gasteiger partial charge in [0.25, 0.3) is 0 Å². The van der Waals surface area contributed by atoms with Crippen LogP contribution in [-0.4, -0.2) is 49.5 Å². The molecule has 0 fully saturated rings. The Kier molecular flexibility index (Phi) is 7.75. The van der Waals surface area contributed by atoms with E-state index in [4.69, 9.17) is 19.4 Å². The van der Waals surface area contributed by atoms with Gasteiger partial charge in [-0.2, -0.15) is 0 Å². The van der Waals surface area contributed by atoms with Gasteiger partial charge in [0.15, 0.2) is 0 Å². The molecule has 1 unspecified atom stereocenters. The highest BCUT2D eigenvalue weighted by atomic mass is 16.5. The van der Waals surface area contributed by atoms with E-state index in [1.165, 1.54) is 0 Å². The van der Waals surface area contributed by atoms with E-state index in [1.807, 2.05) is 36.8 Å². The number of anilines is 1. The number of fused-ring (bicyclic) bond motifs is 1. The summed E-state index contributed by atoms with van der Waals surface area (Å²) in [6, 6.07) is 6.37. The Labute approximate surface area is 201 Å². The van der Waals surface area contributed by atoms with Gasteiger partial charge in [-0.25, -0.2) is 4.98 Å². The molecule has 2 aliphatic rings. The van der Waals surface area contributed by atoms with Gasteiger partial charge in [0, 0.05) is 73.2 Å². The van der Waals surface area contributed by atoms with E-state index < -0.39 is 0 Å². The average molecular weight is 460 g/mol. The summed E-state index contributed by atoms with van der Waals surface area (Å²) in [5, 5.41) is 5.32. The maximum Gasteiger partial charge on any atom is 0.124 e. The molecule has 2 heterocycles. The lowest BCUT2D eigenvalue weighted by molar-refractivity contribution is 0.394. The lowest BCUT2D eigenvalue weighted by atomic mass is 10.0. The number of benzene rings is 1. The normalized spacial score (nSPS) is 16.7. The first-order valence-electron chi connectivity index (χ1n) is 11.7. The van der Waals surface area contributed by atoms with Gasteiger partial charge in [-0.3, -0.25) is 9.98 Å². The molecule has 0 radical (unpaired) electrons. The summed E-state index contributed by atoms with van der Waals surface area (Å²) in [6.45, 7) is 5.92. The third-order valence-corrected chi connectivity index (χ3v) is 5.87. The highest BCUT2D eigenvalue weighted by Crippen LogP contribution is 2.31. The molecule has 1 atom stereocenters. The highest BCUT2D eigenvalue weighted by Gasteiger charge is 2.16. The second-order valence-electron chi connectivity index (χ2n) is 8.63. The molecule has 1 aliphatic heterocycles. The molecule has 1 aromatic carbocycles. The lowest BCUT2D eigenvalue weighted by Crippen LogP contribution is -2.36. The molecule has 178 valence electrons. The van der Waals surface area contributed by atoms with Crippen molar-refractivity contribution >= 4 is 24.1 Å². The summed E-state index contributed by atoms with van der Waals surface area (Å²) in [4.78, 5) is 16.2. The number of methoxy groups -OCH3 is 2. The van der Waals surface area contributed by atoms with Gasteiger partial charge >= 0.3 is 0 Å². The highest BCUT2D eigenvalue weighted by molar-refractivity contribution is 5.67. The Balaban J connectivity index is 1.74. The van der Waals surface area contributed by atoms with Crippen LogP contribution >= 0.6 is 0 Å². The number of hydrogen-bond donors (Lipinski definition) is 1. The van der Waals surface area contributed by atoms with Crippen molar-refractivity contribution in [2.45, 2.75) is 38.6 Å². The summed E-state index contributed by atoms with van der Waals surface area (Å²) >= 11 is 0. The van der Waals surface area contributed by atoms with Crippen LogP contribution in [0.3, 0.4) is 0 Å². The van der Waals surface area contributed by atoms with Gasteiger partial charge in [0.05, 0.1) is 30.6 Å². The predicted molar refractivity (Wildman–Crippen MR) is 138 cm³/mol. The van der Waals surface area contributed by atoms with Crippen molar-refractivity contribution in [1.82, 2.24) is 15.3 Å². The minimum absolute atomic E-state index is 0.202. The summed E-state index contributed by atoms with van der Waals surface area (Å²) in [5.74, 6) is 1.71. The van der Waals surface area contributed by atoms with Gasteiger partial charge in [-0.05, 0) is 18.9 Å². The summed E-state index contributed by atoms with van der Waals surface area (Å²) in [5.41, 5.74) is 3.04. The zero-order valence-electron chi connectivity index (χ0n) is 20.4. The van der Waals surface area contributed by atoms with Crippen LogP contribution in [0.5, 0.6) is 11.5 Å². The summed E-state index contributed by atoms with van der Waals surface area (Å²) in [7, 11) is 3.35. The van der Waals surface area contributed by atoms with Gasteiger partial charge in [-0.15, -0.1) is 0 Å². The number of hydrogen-bond acceptors (Lipinski definition) is 7. The number of nitrogens with zero attached hydrogens (tertiary/aromatic N) is 4. The van der Waals surface area contributed by atoms with Crippen molar-refractivity contribution in [1.29, 1.82) is 0 Å². The van der Waals surface area contributed by atoms with E-state index in [9.17, 15) is 0 Å². The van der Waals surface area contributed by atoms with Crippen LogP contribution < -0.4 is 30.4 Å². The van der Waals surface area contributed by atoms with Crippen LogP contribution in [-0.2, 0) is 0 Å². The number of ether oxygens (including phenoxy) is 2. The third-order valence-electron chi connectivity index (χ3n) is 5.87. The van der Waals surface area contributed by atoms with E-state index in [2.05, 4.69) is 53.4 Å². The topological polar surface area (TPSA) is 71.9 Å².